The molecule has 22 heavy (non-hydrogen) atoms. The molecule has 1 unspecified atom stereocenters. The van der Waals surface area contributed by atoms with E-state index in [1.165, 1.54) is 17.6 Å². The van der Waals surface area contributed by atoms with Gasteiger partial charge in [0, 0.05) is 32.3 Å². The molecule has 1 atom stereocenters. The summed E-state index contributed by atoms with van der Waals surface area (Å²) in [5, 5.41) is 0. The average molecular weight is 322 g/mol. The Morgan fingerprint density at radius 1 is 1.27 bits per heavy atom. The van der Waals surface area contributed by atoms with E-state index in [4.69, 9.17) is 0 Å². The number of carbonyl (C=O) groups excluding carboxylic acids is 1. The third-order valence-corrected chi connectivity index (χ3v) is 5.62. The van der Waals surface area contributed by atoms with Crippen LogP contribution in [0.5, 0.6) is 0 Å². The first-order valence-electron chi connectivity index (χ1n) is 7.35. The number of likely N-dealkylation sites (tertiary alicyclic amines) is 1. The molecule has 5 nitrogen and oxygen atoms in total. The number of nitrogens with zero attached hydrogens (tertiary/aromatic N) is 2. The smallest absolute Gasteiger partial charge is 0.263 e. The van der Waals surface area contributed by atoms with Gasteiger partial charge < -0.3 is 4.90 Å². The number of hydrogen-bond acceptors (Lipinski definition) is 3. The monoisotopic (exact) mass is 322 g/mol. The molecule has 0 aromatic heterocycles. The van der Waals surface area contributed by atoms with Crippen molar-refractivity contribution in [2.75, 3.05) is 13.6 Å². The predicted molar refractivity (Wildman–Crippen MR) is 85.7 cm³/mol. The molecule has 0 saturated carbocycles. The summed E-state index contributed by atoms with van der Waals surface area (Å²) >= 11 is 0. The van der Waals surface area contributed by atoms with Gasteiger partial charge in [0.15, 0.2) is 0 Å². The largest absolute Gasteiger partial charge is 0.336 e. The van der Waals surface area contributed by atoms with Crippen molar-refractivity contribution in [3.8, 4) is 0 Å². The first-order valence-corrected chi connectivity index (χ1v) is 8.79. The normalized spacial score (nSPS) is 17.2. The van der Waals surface area contributed by atoms with Crippen LogP contribution in [0.1, 0.15) is 25.3 Å². The highest BCUT2D eigenvalue weighted by atomic mass is 32.2. The minimum absolute atomic E-state index is 0.106. The molecule has 0 bridgehead atoms. The molecular formula is C16H22N2O3S. The molecule has 0 aliphatic carbocycles. The lowest BCUT2D eigenvalue weighted by molar-refractivity contribution is -0.128. The van der Waals surface area contributed by atoms with Crippen molar-refractivity contribution in [2.45, 2.75) is 37.6 Å². The Kier molecular flexibility index (Phi) is 4.90. The van der Waals surface area contributed by atoms with Crippen molar-refractivity contribution >= 4 is 15.9 Å². The van der Waals surface area contributed by atoms with Gasteiger partial charge in [-0.3, -0.25) is 9.10 Å². The lowest BCUT2D eigenvalue weighted by Crippen LogP contribution is -2.33. The molecule has 1 aliphatic rings. The van der Waals surface area contributed by atoms with E-state index >= 15 is 0 Å². The fourth-order valence-electron chi connectivity index (χ4n) is 2.41. The molecule has 1 aromatic rings. The summed E-state index contributed by atoms with van der Waals surface area (Å²) in [7, 11) is -2.04. The van der Waals surface area contributed by atoms with Crippen LogP contribution in [0, 0.1) is 6.92 Å². The number of carbonyl (C=O) groups is 1. The second-order valence-corrected chi connectivity index (χ2v) is 7.60. The van der Waals surface area contributed by atoms with E-state index in [-0.39, 0.29) is 16.8 Å². The molecule has 6 heteroatoms. The van der Waals surface area contributed by atoms with Gasteiger partial charge in [-0.25, -0.2) is 8.42 Å². The molecule has 1 fully saturated rings. The summed E-state index contributed by atoms with van der Waals surface area (Å²) in [6.07, 6.45) is 4.71. The van der Waals surface area contributed by atoms with E-state index < -0.39 is 10.0 Å². The molecule has 1 aromatic carbocycles. The fraction of sp³-hybridized carbons (Fsp3) is 0.438. The van der Waals surface area contributed by atoms with E-state index in [0.29, 0.717) is 6.42 Å². The third-order valence-electron chi connectivity index (χ3n) is 3.87. The minimum atomic E-state index is -3.55. The Balaban J connectivity index is 2.10. The predicted octanol–water partition coefficient (Wildman–Crippen LogP) is 2.14. The molecule has 1 heterocycles. The van der Waals surface area contributed by atoms with Gasteiger partial charge in [0.25, 0.3) is 10.0 Å². The zero-order chi connectivity index (χ0) is 16.3. The summed E-state index contributed by atoms with van der Waals surface area (Å²) in [5.74, 6) is 0.126. The highest BCUT2D eigenvalue weighted by molar-refractivity contribution is 7.89. The number of sulfonamides is 1. The van der Waals surface area contributed by atoms with E-state index in [0.717, 1.165) is 18.5 Å². The van der Waals surface area contributed by atoms with Crippen LogP contribution in [0.4, 0.5) is 0 Å². The number of hydrogen-bond donors (Lipinski definition) is 0. The highest BCUT2D eigenvalue weighted by Gasteiger charge is 2.24. The number of rotatable bonds is 5. The van der Waals surface area contributed by atoms with E-state index in [9.17, 15) is 13.2 Å². The number of aryl methyl sites for hydroxylation is 1. The Hall–Kier alpha value is -1.82. The van der Waals surface area contributed by atoms with Crippen molar-refractivity contribution in [3.05, 3.63) is 42.1 Å². The zero-order valence-electron chi connectivity index (χ0n) is 13.2. The maximum absolute atomic E-state index is 12.4. The van der Waals surface area contributed by atoms with Crippen LogP contribution in [0.25, 0.3) is 0 Å². The number of amides is 1. The Bertz CT molecular complexity index is 665. The summed E-state index contributed by atoms with van der Waals surface area (Å²) in [6, 6.07) is 6.64. The average Bonchev–Trinajstić information content (AvgIpc) is 2.91. The van der Waals surface area contributed by atoms with E-state index in [1.807, 2.05) is 13.8 Å². The minimum Gasteiger partial charge on any atom is -0.336 e. The van der Waals surface area contributed by atoms with Crippen molar-refractivity contribution in [1.82, 2.24) is 9.21 Å². The van der Waals surface area contributed by atoms with Crippen molar-refractivity contribution in [2.24, 2.45) is 0 Å². The summed E-state index contributed by atoms with van der Waals surface area (Å²) in [4.78, 5) is 13.7. The van der Waals surface area contributed by atoms with Gasteiger partial charge in [0.05, 0.1) is 4.90 Å². The molecular weight excluding hydrogens is 300 g/mol. The molecule has 0 spiro atoms. The highest BCUT2D eigenvalue weighted by Crippen LogP contribution is 2.17. The van der Waals surface area contributed by atoms with Gasteiger partial charge in [-0.1, -0.05) is 17.7 Å². The number of benzene rings is 1. The summed E-state index contributed by atoms with van der Waals surface area (Å²) in [6.45, 7) is 4.54. The topological polar surface area (TPSA) is 57.7 Å². The molecule has 0 radical (unpaired) electrons. The zero-order valence-corrected chi connectivity index (χ0v) is 14.0. The van der Waals surface area contributed by atoms with Crippen LogP contribution in [0.3, 0.4) is 0 Å². The van der Waals surface area contributed by atoms with Gasteiger partial charge in [-0.05, 0) is 38.5 Å². The quantitative estimate of drug-likeness (QED) is 0.834. The molecule has 2 rings (SSSR count). The molecule has 1 amide bonds. The fourth-order valence-corrected chi connectivity index (χ4v) is 3.45. The van der Waals surface area contributed by atoms with Crippen LogP contribution < -0.4 is 0 Å². The van der Waals surface area contributed by atoms with Gasteiger partial charge in [-0.15, -0.1) is 0 Å². The van der Waals surface area contributed by atoms with Crippen molar-refractivity contribution in [1.29, 1.82) is 0 Å². The Labute approximate surface area is 132 Å². The first kappa shape index (κ1) is 16.5. The van der Waals surface area contributed by atoms with Crippen LogP contribution in [-0.2, 0) is 14.8 Å². The van der Waals surface area contributed by atoms with Crippen molar-refractivity contribution in [3.63, 3.8) is 0 Å². The van der Waals surface area contributed by atoms with Crippen molar-refractivity contribution < 1.29 is 13.2 Å². The third kappa shape index (κ3) is 3.50. The molecule has 1 aliphatic heterocycles. The maximum Gasteiger partial charge on any atom is 0.263 e. The summed E-state index contributed by atoms with van der Waals surface area (Å²) in [5.41, 5.74) is 1.01. The lowest BCUT2D eigenvalue weighted by Gasteiger charge is -2.22. The van der Waals surface area contributed by atoms with Gasteiger partial charge in [0.1, 0.15) is 0 Å². The van der Waals surface area contributed by atoms with Gasteiger partial charge in [0.2, 0.25) is 5.91 Å². The van der Waals surface area contributed by atoms with Gasteiger partial charge in [-0.2, -0.15) is 0 Å². The SMILES string of the molecule is Cc1ccc(S(=O)(=O)N(C)/C=C/C(C)N2CCCC2=O)cc1. The summed E-state index contributed by atoms with van der Waals surface area (Å²) < 4.78 is 26.1. The Morgan fingerprint density at radius 2 is 1.91 bits per heavy atom. The Morgan fingerprint density at radius 3 is 2.45 bits per heavy atom. The van der Waals surface area contributed by atoms with Crippen LogP contribution >= 0.6 is 0 Å². The second kappa shape index (κ2) is 6.52. The van der Waals surface area contributed by atoms with E-state index in [2.05, 4.69) is 0 Å². The molecule has 1 saturated heterocycles. The van der Waals surface area contributed by atoms with E-state index in [1.54, 1.807) is 35.2 Å². The standard InChI is InChI=1S/C16H22N2O3S/c1-13-6-8-15(9-7-13)22(20,21)17(3)12-10-14(2)18-11-4-5-16(18)19/h6-10,12,14H,4-5,11H2,1-3H3/b12-10+. The van der Waals surface area contributed by atoms with Gasteiger partial charge >= 0.3 is 0 Å². The van der Waals surface area contributed by atoms with Crippen LogP contribution in [-0.4, -0.2) is 43.2 Å². The first-order chi connectivity index (χ1) is 10.3. The molecule has 120 valence electrons. The van der Waals surface area contributed by atoms with Crippen LogP contribution in [0.2, 0.25) is 0 Å². The lowest BCUT2D eigenvalue weighted by atomic mass is 10.2. The molecule has 0 N–H and O–H groups in total. The second-order valence-electron chi connectivity index (χ2n) is 5.61. The maximum atomic E-state index is 12.4. The van der Waals surface area contributed by atoms with Crippen LogP contribution in [0.15, 0.2) is 41.4 Å².